The average Bonchev–Trinajstić information content (AvgIpc) is 3.09. The van der Waals surface area contributed by atoms with Gasteiger partial charge in [0.1, 0.15) is 0 Å². The molecule has 4 amide bonds. The lowest BCUT2D eigenvalue weighted by Gasteiger charge is -2.37. The fourth-order valence-corrected chi connectivity index (χ4v) is 6.74. The molecular formula is C45H94N6O4. The summed E-state index contributed by atoms with van der Waals surface area (Å²) in [4.78, 5) is 59.2. The lowest BCUT2D eigenvalue weighted by atomic mass is 10.1. The van der Waals surface area contributed by atoms with Crippen molar-refractivity contribution in [2.24, 2.45) is 23.7 Å². The van der Waals surface area contributed by atoms with Crippen LogP contribution in [0.15, 0.2) is 0 Å². The first kappa shape index (κ1) is 57.1. The van der Waals surface area contributed by atoms with Crippen molar-refractivity contribution in [1.82, 2.24) is 29.4 Å². The smallest absolute Gasteiger partial charge is 0.222 e. The van der Waals surface area contributed by atoms with Crippen molar-refractivity contribution in [3.63, 3.8) is 0 Å². The van der Waals surface area contributed by atoms with Crippen LogP contribution in [-0.4, -0.2) is 145 Å². The molecule has 4 fully saturated rings. The van der Waals surface area contributed by atoms with E-state index in [1.807, 2.05) is 19.6 Å². The van der Waals surface area contributed by atoms with E-state index < -0.39 is 0 Å². The van der Waals surface area contributed by atoms with Crippen LogP contribution in [0.3, 0.4) is 0 Å². The Kier molecular flexibility index (Phi) is 33.1. The molecule has 0 aromatic carbocycles. The molecule has 10 heteroatoms. The van der Waals surface area contributed by atoms with E-state index in [-0.39, 0.29) is 22.3 Å². The summed E-state index contributed by atoms with van der Waals surface area (Å²) < 4.78 is 0. The lowest BCUT2D eigenvalue weighted by Crippen LogP contribution is -2.50. The number of hydrogen-bond donors (Lipinski definition) is 0. The zero-order valence-electron chi connectivity index (χ0n) is 35.8. The molecule has 0 saturated carbocycles. The molecule has 328 valence electrons. The number of nitrogens with zero attached hydrogens (tertiary/aromatic N) is 6. The average molecular weight is 783 g/mol. The van der Waals surface area contributed by atoms with Crippen molar-refractivity contribution in [2.75, 3.05) is 85.6 Å². The standard InChI is InChI=1S/C12H24N2O.C10H20N2O.2C10H19NO.3CH4/c1-10(2)9-12(15)14-7-5-13(6-8-14)11(3)4;1-9(2)8-10(13)12-6-4-11(3)5-7-12;2*1-9(2)8-10(12)11-6-4-3-5-7-11;;;/h10-11H,5-9H2,1-4H3;9H,4-8H2,1-3H3;2*9H,3-8H2,1-2H3;3*1H4. The molecule has 4 heterocycles. The quantitative estimate of drug-likeness (QED) is 0.234. The van der Waals surface area contributed by atoms with Gasteiger partial charge in [0.2, 0.25) is 23.6 Å². The molecule has 55 heavy (non-hydrogen) atoms. The monoisotopic (exact) mass is 783 g/mol. The second-order valence-electron chi connectivity index (χ2n) is 17.5. The molecule has 4 saturated heterocycles. The van der Waals surface area contributed by atoms with Crippen LogP contribution in [0.1, 0.15) is 156 Å². The Morgan fingerprint density at radius 1 is 0.364 bits per heavy atom. The van der Waals surface area contributed by atoms with Gasteiger partial charge in [-0.15, -0.1) is 0 Å². The second kappa shape index (κ2) is 31.8. The van der Waals surface area contributed by atoms with Crippen LogP contribution >= 0.6 is 0 Å². The van der Waals surface area contributed by atoms with Gasteiger partial charge in [-0.1, -0.05) is 77.7 Å². The topological polar surface area (TPSA) is 87.7 Å². The fourth-order valence-electron chi connectivity index (χ4n) is 6.74. The normalized spacial score (nSPS) is 17.8. The minimum Gasteiger partial charge on any atom is -0.343 e. The number of likely N-dealkylation sites (N-methyl/N-ethyl adjacent to an activating group) is 1. The maximum atomic E-state index is 11.8. The van der Waals surface area contributed by atoms with Gasteiger partial charge in [-0.05, 0) is 83.1 Å². The van der Waals surface area contributed by atoms with Crippen LogP contribution in [0.5, 0.6) is 0 Å². The SMILES string of the molecule is C.C.C.CC(C)CC(=O)N1CCCCC1.CC(C)CC(=O)N1CCCCC1.CC(C)CC(=O)N1CCN(C(C)C)CC1.CC(C)CC(=O)N1CCN(C)CC1. The molecular weight excluding hydrogens is 689 g/mol. The minimum absolute atomic E-state index is 0. The van der Waals surface area contributed by atoms with E-state index in [0.717, 1.165) is 91.4 Å². The minimum atomic E-state index is 0. The highest BCUT2D eigenvalue weighted by Gasteiger charge is 2.23. The predicted molar refractivity (Wildman–Crippen MR) is 236 cm³/mol. The Morgan fingerprint density at radius 3 is 0.836 bits per heavy atom. The van der Waals surface area contributed by atoms with E-state index in [0.29, 0.717) is 66.2 Å². The van der Waals surface area contributed by atoms with Crippen LogP contribution in [0, 0.1) is 23.7 Å². The van der Waals surface area contributed by atoms with E-state index in [1.165, 1.54) is 38.5 Å². The molecule has 4 aliphatic heterocycles. The van der Waals surface area contributed by atoms with Crippen LogP contribution in [0.25, 0.3) is 0 Å². The fraction of sp³-hybridized carbons (Fsp3) is 0.911. The Balaban J connectivity index is -0.000000646. The number of carbonyl (C=O) groups is 4. The molecule has 4 aliphatic rings. The van der Waals surface area contributed by atoms with Crippen LogP contribution in [0.2, 0.25) is 0 Å². The molecule has 0 spiro atoms. The number of likely N-dealkylation sites (tertiary alicyclic amines) is 2. The van der Waals surface area contributed by atoms with Crippen molar-refractivity contribution < 1.29 is 19.2 Å². The number of carbonyl (C=O) groups excluding carboxylic acids is 4. The first-order valence-corrected chi connectivity index (χ1v) is 21.0. The highest BCUT2D eigenvalue weighted by molar-refractivity contribution is 5.77. The van der Waals surface area contributed by atoms with Gasteiger partial charge < -0.3 is 24.5 Å². The van der Waals surface area contributed by atoms with Gasteiger partial charge in [-0.3, -0.25) is 24.1 Å². The third-order valence-corrected chi connectivity index (χ3v) is 10.0. The molecule has 0 aromatic heterocycles. The third kappa shape index (κ3) is 26.4. The molecule has 4 rings (SSSR count). The number of rotatable bonds is 9. The summed E-state index contributed by atoms with van der Waals surface area (Å²) >= 11 is 0. The maximum Gasteiger partial charge on any atom is 0.222 e. The van der Waals surface area contributed by atoms with Crippen molar-refractivity contribution in [1.29, 1.82) is 0 Å². The first-order valence-electron chi connectivity index (χ1n) is 21.0. The van der Waals surface area contributed by atoms with E-state index in [1.54, 1.807) is 0 Å². The molecule has 0 aliphatic carbocycles. The summed E-state index contributed by atoms with van der Waals surface area (Å²) in [6.45, 7) is 32.9. The van der Waals surface area contributed by atoms with Crippen LogP contribution in [-0.2, 0) is 19.2 Å². The van der Waals surface area contributed by atoms with Crippen LogP contribution < -0.4 is 0 Å². The predicted octanol–water partition coefficient (Wildman–Crippen LogP) is 8.39. The molecule has 10 nitrogen and oxygen atoms in total. The zero-order valence-corrected chi connectivity index (χ0v) is 35.8. The second-order valence-corrected chi connectivity index (χ2v) is 17.5. The maximum absolute atomic E-state index is 11.8. The van der Waals surface area contributed by atoms with Crippen LogP contribution in [0.4, 0.5) is 0 Å². The Bertz CT molecular complexity index is 953. The van der Waals surface area contributed by atoms with Crippen molar-refractivity contribution in [3.8, 4) is 0 Å². The summed E-state index contributed by atoms with van der Waals surface area (Å²) in [5.41, 5.74) is 0. The summed E-state index contributed by atoms with van der Waals surface area (Å²) in [5.74, 6) is 3.30. The van der Waals surface area contributed by atoms with Gasteiger partial charge in [0.05, 0.1) is 0 Å². The zero-order chi connectivity index (χ0) is 39.2. The largest absolute Gasteiger partial charge is 0.343 e. The van der Waals surface area contributed by atoms with E-state index in [9.17, 15) is 19.2 Å². The van der Waals surface area contributed by atoms with Gasteiger partial charge in [0.15, 0.2) is 0 Å². The highest BCUT2D eigenvalue weighted by Crippen LogP contribution is 2.14. The molecule has 0 N–H and O–H groups in total. The molecule has 0 unspecified atom stereocenters. The molecule has 0 atom stereocenters. The lowest BCUT2D eigenvalue weighted by molar-refractivity contribution is -0.134. The van der Waals surface area contributed by atoms with E-state index in [4.69, 9.17) is 0 Å². The summed E-state index contributed by atoms with van der Waals surface area (Å²) in [6, 6.07) is 0.604. The van der Waals surface area contributed by atoms with Gasteiger partial charge in [0, 0.05) is 110 Å². The Hall–Kier alpha value is -2.20. The third-order valence-electron chi connectivity index (χ3n) is 10.0. The van der Waals surface area contributed by atoms with Crippen molar-refractivity contribution >= 4 is 23.6 Å². The van der Waals surface area contributed by atoms with Gasteiger partial charge in [0.25, 0.3) is 0 Å². The van der Waals surface area contributed by atoms with Crippen molar-refractivity contribution in [3.05, 3.63) is 0 Å². The molecule has 0 bridgehead atoms. The Morgan fingerprint density at radius 2 is 0.600 bits per heavy atom. The number of amides is 4. The van der Waals surface area contributed by atoms with Crippen molar-refractivity contribution in [2.45, 2.75) is 162 Å². The van der Waals surface area contributed by atoms with E-state index >= 15 is 0 Å². The van der Waals surface area contributed by atoms with Gasteiger partial charge in [-0.25, -0.2) is 0 Å². The van der Waals surface area contributed by atoms with E-state index in [2.05, 4.69) is 86.1 Å². The summed E-state index contributed by atoms with van der Waals surface area (Å²) in [5, 5.41) is 0. The highest BCUT2D eigenvalue weighted by atomic mass is 16.2. The number of hydrogen-bond acceptors (Lipinski definition) is 6. The first-order chi connectivity index (χ1) is 24.5. The van der Waals surface area contributed by atoms with Gasteiger partial charge in [-0.2, -0.15) is 0 Å². The molecule has 0 radical (unpaired) electrons. The Labute approximate surface area is 342 Å². The van der Waals surface area contributed by atoms with Gasteiger partial charge >= 0.3 is 0 Å². The number of piperidine rings is 2. The molecule has 0 aromatic rings. The number of piperazine rings is 2. The summed E-state index contributed by atoms with van der Waals surface area (Å²) in [7, 11) is 2.10. The summed E-state index contributed by atoms with van der Waals surface area (Å²) in [6.07, 6.45) is 10.2.